The molecule has 20 heavy (non-hydrogen) atoms. The Hall–Kier alpha value is -1.26. The fourth-order valence-electron chi connectivity index (χ4n) is 3.07. The molecular weight excluding hydrogens is 252 g/mol. The van der Waals surface area contributed by atoms with E-state index in [2.05, 4.69) is 4.90 Å². The predicted molar refractivity (Wildman–Crippen MR) is 81.1 cm³/mol. The van der Waals surface area contributed by atoms with Crippen molar-refractivity contribution in [3.8, 4) is 11.5 Å². The number of ether oxygens (including phenoxy) is 1. The number of nitrogens with two attached hydrogens (primary N) is 1. The lowest BCUT2D eigenvalue weighted by Gasteiger charge is -2.31. The molecule has 0 bridgehead atoms. The monoisotopic (exact) mass is 278 g/mol. The van der Waals surface area contributed by atoms with E-state index >= 15 is 0 Å². The van der Waals surface area contributed by atoms with Crippen LogP contribution in [-0.2, 0) is 0 Å². The van der Waals surface area contributed by atoms with E-state index in [0.29, 0.717) is 12.3 Å². The van der Waals surface area contributed by atoms with Gasteiger partial charge in [0.2, 0.25) is 0 Å². The molecule has 0 saturated carbocycles. The lowest BCUT2D eigenvalue weighted by molar-refractivity contribution is 0.192. The summed E-state index contributed by atoms with van der Waals surface area (Å²) in [5.74, 6) is 0.803. The molecule has 1 aromatic rings. The molecule has 0 amide bonds. The summed E-state index contributed by atoms with van der Waals surface area (Å²) < 4.78 is 5.23. The Labute approximate surface area is 121 Å². The first-order valence-corrected chi connectivity index (χ1v) is 7.58. The second kappa shape index (κ2) is 7.50. The molecule has 2 rings (SSSR count). The van der Waals surface area contributed by atoms with Crippen molar-refractivity contribution in [1.29, 1.82) is 0 Å². The van der Waals surface area contributed by atoms with Crippen LogP contribution in [0, 0.1) is 0 Å². The molecule has 112 valence electrons. The van der Waals surface area contributed by atoms with Gasteiger partial charge in [-0.25, -0.2) is 0 Å². The van der Waals surface area contributed by atoms with Gasteiger partial charge in [0, 0.05) is 11.6 Å². The Kier molecular flexibility index (Phi) is 5.68. The summed E-state index contributed by atoms with van der Waals surface area (Å²) in [7, 11) is 1.59. The highest BCUT2D eigenvalue weighted by atomic mass is 16.5. The number of benzene rings is 1. The van der Waals surface area contributed by atoms with Gasteiger partial charge < -0.3 is 15.6 Å². The minimum absolute atomic E-state index is 0.188. The third-order valence-corrected chi connectivity index (χ3v) is 4.13. The van der Waals surface area contributed by atoms with Crippen LogP contribution in [0.25, 0.3) is 0 Å². The van der Waals surface area contributed by atoms with Crippen LogP contribution in [0.15, 0.2) is 18.2 Å². The number of nitrogens with zero attached hydrogens (tertiary/aromatic N) is 1. The molecule has 3 N–H and O–H groups in total. The zero-order chi connectivity index (χ0) is 14.4. The first kappa shape index (κ1) is 15.1. The molecule has 1 heterocycles. The van der Waals surface area contributed by atoms with Gasteiger partial charge in [0.25, 0.3) is 0 Å². The number of methoxy groups -OCH3 is 1. The van der Waals surface area contributed by atoms with E-state index in [1.54, 1.807) is 13.2 Å². The average molecular weight is 278 g/mol. The highest BCUT2D eigenvalue weighted by molar-refractivity contribution is 5.46. The van der Waals surface area contributed by atoms with Gasteiger partial charge in [-0.15, -0.1) is 0 Å². The van der Waals surface area contributed by atoms with E-state index in [-0.39, 0.29) is 11.8 Å². The van der Waals surface area contributed by atoms with Crippen LogP contribution in [-0.4, -0.2) is 36.8 Å². The van der Waals surface area contributed by atoms with E-state index in [1.165, 1.54) is 25.7 Å². The molecule has 1 aromatic carbocycles. The minimum atomic E-state index is 0.188. The van der Waals surface area contributed by atoms with E-state index in [9.17, 15) is 5.11 Å². The summed E-state index contributed by atoms with van der Waals surface area (Å²) in [5, 5.41) is 10.4. The number of hydrogen-bond donors (Lipinski definition) is 2. The van der Waals surface area contributed by atoms with Crippen molar-refractivity contribution in [2.75, 3.05) is 26.7 Å². The molecule has 0 radical (unpaired) electrons. The minimum Gasteiger partial charge on any atom is -0.504 e. The van der Waals surface area contributed by atoms with E-state index in [4.69, 9.17) is 10.5 Å². The normalized spacial score (nSPS) is 18.5. The van der Waals surface area contributed by atoms with Crippen molar-refractivity contribution >= 4 is 0 Å². The number of phenolic OH excluding ortho intramolecular Hbond substituents is 1. The van der Waals surface area contributed by atoms with Gasteiger partial charge in [-0.05, 0) is 45.0 Å². The number of rotatable bonds is 5. The topological polar surface area (TPSA) is 58.7 Å². The largest absolute Gasteiger partial charge is 0.504 e. The first-order valence-electron chi connectivity index (χ1n) is 7.58. The molecule has 1 aliphatic heterocycles. The lowest BCUT2D eigenvalue weighted by Crippen LogP contribution is -2.31. The van der Waals surface area contributed by atoms with Crippen LogP contribution in [0.3, 0.4) is 0 Å². The highest BCUT2D eigenvalue weighted by Crippen LogP contribution is 2.37. The van der Waals surface area contributed by atoms with Crippen LogP contribution >= 0.6 is 0 Å². The van der Waals surface area contributed by atoms with Crippen molar-refractivity contribution in [3.63, 3.8) is 0 Å². The maximum absolute atomic E-state index is 10.4. The molecule has 4 heteroatoms. The fraction of sp³-hybridized carbons (Fsp3) is 0.625. The zero-order valence-corrected chi connectivity index (χ0v) is 12.3. The number of hydrogen-bond acceptors (Lipinski definition) is 4. The molecule has 4 nitrogen and oxygen atoms in total. The van der Waals surface area contributed by atoms with E-state index in [1.807, 2.05) is 12.1 Å². The maximum atomic E-state index is 10.4. The molecule has 0 aromatic heterocycles. The van der Waals surface area contributed by atoms with Crippen molar-refractivity contribution in [2.24, 2.45) is 5.73 Å². The summed E-state index contributed by atoms with van der Waals surface area (Å²) in [6, 6.07) is 5.91. The predicted octanol–water partition coefficient (Wildman–Crippen LogP) is 2.67. The third kappa shape index (κ3) is 3.44. The van der Waals surface area contributed by atoms with Gasteiger partial charge in [-0.2, -0.15) is 0 Å². The molecule has 1 aliphatic rings. The lowest BCUT2D eigenvalue weighted by atomic mass is 10.00. The Bertz CT molecular complexity index is 415. The van der Waals surface area contributed by atoms with Gasteiger partial charge >= 0.3 is 0 Å². The number of aromatic hydroxyl groups is 1. The second-order valence-electron chi connectivity index (χ2n) is 5.44. The summed E-state index contributed by atoms with van der Waals surface area (Å²) in [5.41, 5.74) is 6.73. The Morgan fingerprint density at radius 2 is 1.95 bits per heavy atom. The van der Waals surface area contributed by atoms with Crippen molar-refractivity contribution in [2.45, 2.75) is 38.1 Å². The van der Waals surface area contributed by atoms with E-state index in [0.717, 1.165) is 25.1 Å². The van der Waals surface area contributed by atoms with Gasteiger partial charge in [0.1, 0.15) is 0 Å². The Morgan fingerprint density at radius 3 is 2.55 bits per heavy atom. The Balaban J connectivity index is 2.27. The quantitative estimate of drug-likeness (QED) is 0.869. The Morgan fingerprint density at radius 1 is 1.25 bits per heavy atom. The smallest absolute Gasteiger partial charge is 0.162 e. The average Bonchev–Trinajstić information content (AvgIpc) is 2.74. The van der Waals surface area contributed by atoms with Crippen molar-refractivity contribution in [1.82, 2.24) is 4.90 Å². The van der Waals surface area contributed by atoms with Crippen LogP contribution in [0.2, 0.25) is 0 Å². The molecule has 0 aliphatic carbocycles. The summed E-state index contributed by atoms with van der Waals surface area (Å²) >= 11 is 0. The van der Waals surface area contributed by atoms with Crippen LogP contribution < -0.4 is 10.5 Å². The van der Waals surface area contributed by atoms with Crippen LogP contribution in [0.1, 0.15) is 43.7 Å². The van der Waals surface area contributed by atoms with Crippen LogP contribution in [0.5, 0.6) is 11.5 Å². The maximum Gasteiger partial charge on any atom is 0.162 e. The van der Waals surface area contributed by atoms with Crippen molar-refractivity contribution in [3.05, 3.63) is 23.8 Å². The summed E-state index contributed by atoms with van der Waals surface area (Å²) in [4.78, 5) is 2.47. The molecular formula is C16H26N2O2. The molecule has 1 fully saturated rings. The van der Waals surface area contributed by atoms with Gasteiger partial charge in [0.15, 0.2) is 11.5 Å². The second-order valence-corrected chi connectivity index (χ2v) is 5.44. The number of para-hydroxylation sites is 1. The molecule has 1 atom stereocenters. The summed E-state index contributed by atoms with van der Waals surface area (Å²) in [6.45, 7) is 2.79. The SMILES string of the molecule is COc1cccc(C(CCN)N2CCCCCC2)c1O. The highest BCUT2D eigenvalue weighted by Gasteiger charge is 2.24. The zero-order valence-electron chi connectivity index (χ0n) is 12.3. The number of likely N-dealkylation sites (tertiary alicyclic amines) is 1. The van der Waals surface area contributed by atoms with Crippen LogP contribution in [0.4, 0.5) is 0 Å². The van der Waals surface area contributed by atoms with E-state index < -0.39 is 0 Å². The van der Waals surface area contributed by atoms with Gasteiger partial charge in [-0.1, -0.05) is 25.0 Å². The van der Waals surface area contributed by atoms with Gasteiger partial charge in [-0.3, -0.25) is 4.90 Å². The summed E-state index contributed by atoms with van der Waals surface area (Å²) in [6.07, 6.45) is 5.92. The van der Waals surface area contributed by atoms with Gasteiger partial charge in [0.05, 0.1) is 7.11 Å². The first-order chi connectivity index (χ1) is 9.77. The molecule has 1 unspecified atom stereocenters. The molecule has 0 spiro atoms. The fourth-order valence-corrected chi connectivity index (χ4v) is 3.07. The standard InChI is InChI=1S/C16H26N2O2/c1-20-15-8-6-7-13(16(15)19)14(9-10-17)18-11-4-2-3-5-12-18/h6-8,14,19H,2-5,9-12,17H2,1H3. The number of phenols is 1. The van der Waals surface area contributed by atoms with Crippen molar-refractivity contribution < 1.29 is 9.84 Å². The third-order valence-electron chi connectivity index (χ3n) is 4.13. The molecule has 1 saturated heterocycles.